The van der Waals surface area contributed by atoms with Crippen LogP contribution in [0.2, 0.25) is 0 Å². The number of halogens is 2. The molecule has 0 N–H and O–H groups in total. The van der Waals surface area contributed by atoms with E-state index >= 15 is 0 Å². The summed E-state index contributed by atoms with van der Waals surface area (Å²) in [5, 5.41) is 0. The first-order valence-electron chi connectivity index (χ1n) is 8.57. The number of rotatable bonds is 2. The minimum Gasteiger partial charge on any atom is -0.296 e. The molecule has 0 aromatic heterocycles. The van der Waals surface area contributed by atoms with Gasteiger partial charge in [0.2, 0.25) is 5.50 Å². The SMILES string of the molecule is Cc1cc(C)c(N2[C][N+](Cl)(c3c(C)cc(C)cc3C)C(Cl)C2)c(C)c1. The van der Waals surface area contributed by atoms with Gasteiger partial charge in [0.05, 0.1) is 6.54 Å². The monoisotopic (exact) mass is 375 g/mol. The Morgan fingerprint density at radius 3 is 1.80 bits per heavy atom. The van der Waals surface area contributed by atoms with Crippen molar-refractivity contribution in [3.05, 3.63) is 64.3 Å². The molecule has 25 heavy (non-hydrogen) atoms. The summed E-state index contributed by atoms with van der Waals surface area (Å²) in [4.78, 5) is 2.09. The summed E-state index contributed by atoms with van der Waals surface area (Å²) in [6.45, 7) is 16.7. The highest BCUT2D eigenvalue weighted by molar-refractivity contribution is 6.31. The zero-order chi connectivity index (χ0) is 18.5. The minimum atomic E-state index is -0.304. The van der Waals surface area contributed by atoms with Gasteiger partial charge in [-0.1, -0.05) is 47.0 Å². The van der Waals surface area contributed by atoms with Gasteiger partial charge in [-0.05, 0) is 52.7 Å². The zero-order valence-electron chi connectivity index (χ0n) is 15.7. The Labute approximate surface area is 161 Å². The second-order valence-electron chi connectivity index (χ2n) is 7.28. The number of alkyl halides is 1. The number of aryl methyl sites for hydroxylation is 6. The van der Waals surface area contributed by atoms with Gasteiger partial charge in [0, 0.05) is 16.8 Å². The lowest BCUT2D eigenvalue weighted by Crippen LogP contribution is -2.40. The number of anilines is 1. The van der Waals surface area contributed by atoms with Crippen molar-refractivity contribution >= 4 is 34.8 Å². The van der Waals surface area contributed by atoms with E-state index in [1.165, 1.54) is 22.3 Å². The zero-order valence-corrected chi connectivity index (χ0v) is 17.3. The lowest BCUT2D eigenvalue weighted by atomic mass is 10.0. The van der Waals surface area contributed by atoms with Crippen LogP contribution in [0, 0.1) is 48.2 Å². The first-order chi connectivity index (χ1) is 11.6. The molecule has 2 nitrogen and oxygen atoms in total. The summed E-state index contributed by atoms with van der Waals surface area (Å²) in [7, 11) is 0. The fraction of sp³-hybridized carbons (Fsp3) is 0.381. The van der Waals surface area contributed by atoms with Gasteiger partial charge in [-0.3, -0.25) is 4.90 Å². The molecule has 132 valence electrons. The molecule has 2 atom stereocenters. The standard InChI is InChI=1S/C21H25Cl2N2/c1-13-7-15(3)20(16(4)8-13)24-11-19(22)25(23,12-24)21-17(5)9-14(2)10-18(21)6/h7-10,19H,11H2,1-6H3/q+1. The molecule has 0 amide bonds. The smallest absolute Gasteiger partial charge is 0.296 e. The largest absolute Gasteiger partial charge is 0.373 e. The van der Waals surface area contributed by atoms with Crippen molar-refractivity contribution in [2.75, 3.05) is 11.4 Å². The third-order valence-electron chi connectivity index (χ3n) is 4.85. The second kappa shape index (κ2) is 6.50. The van der Waals surface area contributed by atoms with E-state index in [4.69, 9.17) is 23.4 Å². The second-order valence-corrected chi connectivity index (χ2v) is 8.31. The van der Waals surface area contributed by atoms with E-state index in [1.807, 2.05) is 0 Å². The average molecular weight is 376 g/mol. The highest BCUT2D eigenvalue weighted by Gasteiger charge is 2.52. The van der Waals surface area contributed by atoms with E-state index in [1.54, 1.807) is 0 Å². The van der Waals surface area contributed by atoms with E-state index in [0.29, 0.717) is 6.54 Å². The molecule has 0 saturated carbocycles. The van der Waals surface area contributed by atoms with Crippen LogP contribution in [-0.4, -0.2) is 12.0 Å². The third kappa shape index (κ3) is 3.16. The molecule has 2 unspecified atom stereocenters. The molecule has 0 aliphatic carbocycles. The van der Waals surface area contributed by atoms with E-state index in [-0.39, 0.29) is 9.50 Å². The van der Waals surface area contributed by atoms with Gasteiger partial charge in [0.1, 0.15) is 0 Å². The van der Waals surface area contributed by atoms with E-state index in [2.05, 4.69) is 77.4 Å². The Hall–Kier alpha value is -1.22. The molecule has 2 aromatic carbocycles. The predicted molar refractivity (Wildman–Crippen MR) is 109 cm³/mol. The molecule has 2 radical (unpaired) electrons. The molecule has 0 spiro atoms. The van der Waals surface area contributed by atoms with Crippen molar-refractivity contribution in [3.63, 3.8) is 0 Å². The molecule has 2 aromatic rings. The third-order valence-corrected chi connectivity index (χ3v) is 5.86. The van der Waals surface area contributed by atoms with Crippen LogP contribution in [0.4, 0.5) is 11.4 Å². The van der Waals surface area contributed by atoms with Crippen LogP contribution in [0.25, 0.3) is 0 Å². The molecule has 3 rings (SSSR count). The summed E-state index contributed by atoms with van der Waals surface area (Å²) < 4.78 is -0.0216. The van der Waals surface area contributed by atoms with Gasteiger partial charge in [0.15, 0.2) is 17.5 Å². The summed E-state index contributed by atoms with van der Waals surface area (Å²) in [5.41, 5.74) is 9.09. The summed E-state index contributed by atoms with van der Waals surface area (Å²) >= 11 is 13.8. The van der Waals surface area contributed by atoms with Crippen LogP contribution in [0.3, 0.4) is 0 Å². The van der Waals surface area contributed by atoms with Crippen LogP contribution in [0.5, 0.6) is 0 Å². The normalized spacial score (nSPS) is 23.4. The van der Waals surface area contributed by atoms with Crippen LogP contribution < -0.4 is 8.90 Å². The fourth-order valence-electron chi connectivity index (χ4n) is 4.16. The van der Waals surface area contributed by atoms with E-state index < -0.39 is 0 Å². The van der Waals surface area contributed by atoms with Crippen molar-refractivity contribution in [1.29, 1.82) is 0 Å². The van der Waals surface area contributed by atoms with Gasteiger partial charge in [-0.2, -0.15) is 0 Å². The molecular formula is C21H25Cl2N2+. The van der Waals surface area contributed by atoms with Crippen molar-refractivity contribution in [1.82, 2.24) is 4.00 Å². The molecule has 4 heteroatoms. The Morgan fingerprint density at radius 2 is 1.32 bits per heavy atom. The van der Waals surface area contributed by atoms with Crippen LogP contribution in [-0.2, 0) is 0 Å². The quantitative estimate of drug-likeness (QED) is 0.349. The maximum atomic E-state index is 7.04. The summed E-state index contributed by atoms with van der Waals surface area (Å²) in [5.74, 6) is 0. The Bertz CT molecular complexity index is 785. The number of hydrogen-bond acceptors (Lipinski definition) is 1. The first-order valence-corrected chi connectivity index (χ1v) is 9.35. The Morgan fingerprint density at radius 1 is 0.880 bits per heavy atom. The molecular weight excluding hydrogens is 351 g/mol. The first kappa shape index (κ1) is 18.6. The topological polar surface area (TPSA) is 3.24 Å². The maximum Gasteiger partial charge on any atom is 0.373 e. The molecule has 1 saturated heterocycles. The fourth-order valence-corrected chi connectivity index (χ4v) is 4.86. The minimum absolute atomic E-state index is 0.0216. The highest BCUT2D eigenvalue weighted by atomic mass is 35.5. The Kier molecular flexibility index (Phi) is 4.83. The average Bonchev–Trinajstić information content (AvgIpc) is 2.72. The number of hydrogen-bond donors (Lipinski definition) is 0. The van der Waals surface area contributed by atoms with Crippen LogP contribution in [0.15, 0.2) is 24.3 Å². The molecule has 0 bridgehead atoms. The molecule has 1 fully saturated rings. The van der Waals surface area contributed by atoms with Crippen molar-refractivity contribution < 1.29 is 0 Å². The molecule has 1 aliphatic rings. The highest BCUT2D eigenvalue weighted by Crippen LogP contribution is 2.45. The number of benzene rings is 2. The van der Waals surface area contributed by atoms with Gasteiger partial charge in [0.25, 0.3) is 0 Å². The predicted octanol–water partition coefficient (Wildman–Crippen LogP) is 6.08. The number of quaternary nitrogens is 1. The number of nitrogens with zero attached hydrogens (tertiary/aromatic N) is 2. The molecule has 1 heterocycles. The van der Waals surface area contributed by atoms with Crippen LogP contribution in [0.1, 0.15) is 33.4 Å². The van der Waals surface area contributed by atoms with Crippen LogP contribution >= 0.6 is 23.4 Å². The van der Waals surface area contributed by atoms with Gasteiger partial charge in [-0.25, -0.2) is 0 Å². The Balaban J connectivity index is 2.05. The lowest BCUT2D eigenvalue weighted by molar-refractivity contribution is 0.563. The van der Waals surface area contributed by atoms with Gasteiger partial charge < -0.3 is 0 Å². The summed E-state index contributed by atoms with van der Waals surface area (Å²) in [6, 6.07) is 8.69. The lowest BCUT2D eigenvalue weighted by Gasteiger charge is -2.27. The van der Waals surface area contributed by atoms with Crippen molar-refractivity contribution in [2.45, 2.75) is 47.0 Å². The maximum absolute atomic E-state index is 7.04. The van der Waals surface area contributed by atoms with Crippen molar-refractivity contribution in [2.24, 2.45) is 0 Å². The van der Waals surface area contributed by atoms with E-state index in [9.17, 15) is 0 Å². The van der Waals surface area contributed by atoms with Gasteiger partial charge >= 0.3 is 6.67 Å². The van der Waals surface area contributed by atoms with Gasteiger partial charge in [-0.15, -0.1) is 4.00 Å². The van der Waals surface area contributed by atoms with E-state index in [0.717, 1.165) is 22.5 Å². The summed E-state index contributed by atoms with van der Waals surface area (Å²) in [6.07, 6.45) is 0. The molecule has 1 aliphatic heterocycles. The van der Waals surface area contributed by atoms with Crippen molar-refractivity contribution in [3.8, 4) is 0 Å².